The smallest absolute Gasteiger partial charge is 0.273 e. The molecule has 2 aromatic heterocycles. The quantitative estimate of drug-likeness (QED) is 0.692. The van der Waals surface area contributed by atoms with Gasteiger partial charge in [0.2, 0.25) is 5.91 Å². The minimum Gasteiger partial charge on any atom is -0.391 e. The molecule has 1 saturated carbocycles. The fraction of sp³-hybridized carbons (Fsp3) is 0.529. The molecule has 26 heavy (non-hydrogen) atoms. The van der Waals surface area contributed by atoms with Gasteiger partial charge in [0.15, 0.2) is 5.69 Å². The zero-order chi connectivity index (χ0) is 18.5. The van der Waals surface area contributed by atoms with E-state index >= 15 is 0 Å². The number of hydrogen-bond acceptors (Lipinski definition) is 7. The highest BCUT2D eigenvalue weighted by Gasteiger charge is 2.34. The van der Waals surface area contributed by atoms with Crippen molar-refractivity contribution >= 4 is 23.2 Å². The Morgan fingerprint density at radius 1 is 1.42 bits per heavy atom. The van der Waals surface area contributed by atoms with Crippen LogP contribution < -0.4 is 10.6 Å². The van der Waals surface area contributed by atoms with Gasteiger partial charge >= 0.3 is 0 Å². The molecular weight excluding hydrogens is 356 g/mol. The number of hydrogen-bond donors (Lipinski definition) is 3. The average molecular weight is 378 g/mol. The van der Waals surface area contributed by atoms with E-state index in [-0.39, 0.29) is 23.4 Å². The van der Waals surface area contributed by atoms with Crippen molar-refractivity contribution in [2.24, 2.45) is 5.92 Å². The first-order valence-electron chi connectivity index (χ1n) is 8.60. The van der Waals surface area contributed by atoms with Gasteiger partial charge < -0.3 is 20.3 Å². The standard InChI is InChI=1S/C17H22N4O4S/c1-10-6-14(21-25-10)17(24)20-13-3-2-11(7-15(13)22)16(23)18-5-4-12-8-26-9-19-12/h6,8-9,11,13,15,22H,2-5,7H2,1H3,(H,18,23)(H,20,24)/t11-,13-,15-/m0/s1. The summed E-state index contributed by atoms with van der Waals surface area (Å²) in [6.45, 7) is 2.23. The van der Waals surface area contributed by atoms with Gasteiger partial charge in [-0.2, -0.15) is 0 Å². The van der Waals surface area contributed by atoms with Crippen LogP contribution in [0.25, 0.3) is 0 Å². The van der Waals surface area contributed by atoms with Gasteiger partial charge in [-0.25, -0.2) is 4.98 Å². The van der Waals surface area contributed by atoms with Crippen LogP contribution in [0.15, 0.2) is 21.5 Å². The summed E-state index contributed by atoms with van der Waals surface area (Å²) in [5.74, 6) is -0.134. The SMILES string of the molecule is Cc1cc(C(=O)N[C@H]2CC[C@H](C(=O)NCCc3cscn3)C[C@@H]2O)no1. The number of aryl methyl sites for hydroxylation is 1. The maximum Gasteiger partial charge on any atom is 0.273 e. The Hall–Kier alpha value is -2.26. The van der Waals surface area contributed by atoms with Crippen LogP contribution in [0.3, 0.4) is 0 Å². The number of aromatic nitrogens is 2. The molecule has 0 bridgehead atoms. The summed E-state index contributed by atoms with van der Waals surface area (Å²) in [4.78, 5) is 28.6. The number of rotatable bonds is 6. The summed E-state index contributed by atoms with van der Waals surface area (Å²) in [5.41, 5.74) is 2.92. The highest BCUT2D eigenvalue weighted by Crippen LogP contribution is 2.25. The Balaban J connectivity index is 1.43. The summed E-state index contributed by atoms with van der Waals surface area (Å²) in [7, 11) is 0. The maximum absolute atomic E-state index is 12.3. The summed E-state index contributed by atoms with van der Waals surface area (Å²) < 4.78 is 4.88. The van der Waals surface area contributed by atoms with Crippen molar-refractivity contribution in [3.05, 3.63) is 34.1 Å². The monoisotopic (exact) mass is 378 g/mol. The highest BCUT2D eigenvalue weighted by molar-refractivity contribution is 7.07. The largest absolute Gasteiger partial charge is 0.391 e. The molecule has 1 fully saturated rings. The van der Waals surface area contributed by atoms with Gasteiger partial charge in [0.25, 0.3) is 5.91 Å². The second-order valence-electron chi connectivity index (χ2n) is 6.50. The van der Waals surface area contributed by atoms with E-state index in [1.54, 1.807) is 18.5 Å². The highest BCUT2D eigenvalue weighted by atomic mass is 32.1. The van der Waals surface area contributed by atoms with Crippen LogP contribution in [0.5, 0.6) is 0 Å². The predicted octanol–water partition coefficient (Wildman–Crippen LogP) is 1.06. The zero-order valence-corrected chi connectivity index (χ0v) is 15.3. The molecule has 140 valence electrons. The molecule has 2 heterocycles. The van der Waals surface area contributed by atoms with Gasteiger partial charge in [-0.3, -0.25) is 9.59 Å². The molecule has 0 radical (unpaired) electrons. The molecule has 9 heteroatoms. The van der Waals surface area contributed by atoms with E-state index in [1.165, 1.54) is 11.3 Å². The number of nitrogens with zero attached hydrogens (tertiary/aromatic N) is 2. The van der Waals surface area contributed by atoms with Gasteiger partial charge in [-0.05, 0) is 26.2 Å². The number of carbonyl (C=O) groups is 2. The van der Waals surface area contributed by atoms with Crippen LogP contribution in [-0.4, -0.2) is 45.8 Å². The van der Waals surface area contributed by atoms with Crippen molar-refractivity contribution in [2.75, 3.05) is 6.54 Å². The van der Waals surface area contributed by atoms with E-state index < -0.39 is 12.1 Å². The van der Waals surface area contributed by atoms with Crippen molar-refractivity contribution in [3.63, 3.8) is 0 Å². The molecule has 1 aliphatic carbocycles. The Morgan fingerprint density at radius 3 is 2.92 bits per heavy atom. The molecule has 0 aliphatic heterocycles. The lowest BCUT2D eigenvalue weighted by Gasteiger charge is -2.32. The lowest BCUT2D eigenvalue weighted by atomic mass is 9.83. The lowest BCUT2D eigenvalue weighted by molar-refractivity contribution is -0.127. The molecule has 0 aromatic carbocycles. The lowest BCUT2D eigenvalue weighted by Crippen LogP contribution is -2.49. The van der Waals surface area contributed by atoms with E-state index in [0.29, 0.717) is 38.0 Å². The number of carbonyl (C=O) groups excluding carboxylic acids is 2. The van der Waals surface area contributed by atoms with Crippen LogP contribution in [0, 0.1) is 12.8 Å². The van der Waals surface area contributed by atoms with Crippen molar-refractivity contribution in [1.29, 1.82) is 0 Å². The first-order valence-corrected chi connectivity index (χ1v) is 9.54. The molecule has 0 saturated heterocycles. The molecule has 3 rings (SSSR count). The summed E-state index contributed by atoms with van der Waals surface area (Å²) >= 11 is 1.53. The Morgan fingerprint density at radius 2 is 2.27 bits per heavy atom. The number of thiazole rings is 1. The van der Waals surface area contributed by atoms with Crippen molar-refractivity contribution in [1.82, 2.24) is 20.8 Å². The third kappa shape index (κ3) is 4.67. The van der Waals surface area contributed by atoms with E-state index in [1.807, 2.05) is 5.38 Å². The zero-order valence-electron chi connectivity index (χ0n) is 14.5. The van der Waals surface area contributed by atoms with E-state index in [2.05, 4.69) is 20.8 Å². The molecule has 3 atom stereocenters. The summed E-state index contributed by atoms with van der Waals surface area (Å²) in [6.07, 6.45) is 1.40. The molecule has 2 amide bonds. The van der Waals surface area contributed by atoms with E-state index in [0.717, 1.165) is 5.69 Å². The van der Waals surface area contributed by atoms with Gasteiger partial charge in [0.1, 0.15) is 5.76 Å². The molecular formula is C17H22N4O4S. The van der Waals surface area contributed by atoms with Crippen molar-refractivity contribution in [2.45, 2.75) is 44.8 Å². The van der Waals surface area contributed by atoms with Gasteiger partial charge in [-0.1, -0.05) is 5.16 Å². The van der Waals surface area contributed by atoms with Gasteiger partial charge in [0.05, 0.1) is 23.4 Å². The molecule has 2 aromatic rings. The van der Waals surface area contributed by atoms with Crippen LogP contribution in [0.4, 0.5) is 0 Å². The normalized spacial score (nSPS) is 22.8. The fourth-order valence-corrected chi connectivity index (χ4v) is 3.68. The number of nitrogens with one attached hydrogen (secondary N) is 2. The minimum atomic E-state index is -0.769. The second kappa shape index (κ2) is 8.41. The van der Waals surface area contributed by atoms with Crippen LogP contribution in [-0.2, 0) is 11.2 Å². The second-order valence-corrected chi connectivity index (χ2v) is 7.22. The molecule has 3 N–H and O–H groups in total. The number of amides is 2. The van der Waals surface area contributed by atoms with Gasteiger partial charge in [0, 0.05) is 30.3 Å². The third-order valence-corrected chi connectivity index (χ3v) is 5.16. The van der Waals surface area contributed by atoms with E-state index in [9.17, 15) is 14.7 Å². The molecule has 1 aliphatic rings. The Kier molecular flexibility index (Phi) is 6.00. The topological polar surface area (TPSA) is 117 Å². The van der Waals surface area contributed by atoms with Crippen LogP contribution >= 0.6 is 11.3 Å². The molecule has 8 nitrogen and oxygen atoms in total. The van der Waals surface area contributed by atoms with E-state index in [4.69, 9.17) is 4.52 Å². The van der Waals surface area contributed by atoms with Crippen LogP contribution in [0.2, 0.25) is 0 Å². The first-order chi connectivity index (χ1) is 12.5. The number of aliphatic hydroxyl groups is 1. The van der Waals surface area contributed by atoms with Crippen molar-refractivity contribution < 1.29 is 19.2 Å². The van der Waals surface area contributed by atoms with Crippen molar-refractivity contribution in [3.8, 4) is 0 Å². The summed E-state index contributed by atoms with van der Waals surface area (Å²) in [5, 5.41) is 21.6. The van der Waals surface area contributed by atoms with Crippen LogP contribution in [0.1, 0.15) is 41.2 Å². The third-order valence-electron chi connectivity index (χ3n) is 4.53. The fourth-order valence-electron chi connectivity index (χ4n) is 3.09. The summed E-state index contributed by atoms with van der Waals surface area (Å²) in [6, 6.07) is 1.15. The first kappa shape index (κ1) is 18.5. The Bertz CT molecular complexity index is 746. The van der Waals surface area contributed by atoms with Gasteiger partial charge in [-0.15, -0.1) is 11.3 Å². The maximum atomic E-state index is 12.3. The minimum absolute atomic E-state index is 0.0591. The predicted molar refractivity (Wildman–Crippen MR) is 94.7 cm³/mol. The average Bonchev–Trinajstić information content (AvgIpc) is 3.28. The Labute approximate surface area is 155 Å². The number of aliphatic hydroxyl groups excluding tert-OH is 1. The molecule has 0 spiro atoms. The molecule has 0 unspecified atom stereocenters.